The van der Waals surface area contributed by atoms with E-state index in [9.17, 15) is 5.11 Å². The topological polar surface area (TPSA) is 60.5 Å². The first-order valence-corrected chi connectivity index (χ1v) is 4.88. The predicted octanol–water partition coefficient (Wildman–Crippen LogP) is -0.378. The number of fused-ring (bicyclic) bond motifs is 1. The molecule has 0 bridgehead atoms. The lowest BCUT2D eigenvalue weighted by Crippen LogP contribution is -2.37. The molecular formula is C9H14O5. The highest BCUT2D eigenvalue weighted by Crippen LogP contribution is 2.40. The number of epoxide rings is 1. The minimum absolute atomic E-state index is 0.0194. The molecule has 3 aliphatic rings. The number of aliphatic hydroxyl groups excluding tert-OH is 1. The molecule has 2 unspecified atom stereocenters. The zero-order valence-corrected chi connectivity index (χ0v) is 8.17. The maximum atomic E-state index is 9.89. The lowest BCUT2D eigenvalue weighted by Gasteiger charge is -2.21. The molecule has 0 saturated carbocycles. The monoisotopic (exact) mass is 202 g/mol. The van der Waals surface area contributed by atoms with Crippen LogP contribution in [0, 0.1) is 0 Å². The Morgan fingerprint density at radius 2 is 1.93 bits per heavy atom. The van der Waals surface area contributed by atoms with Gasteiger partial charge in [0.25, 0.3) is 0 Å². The van der Waals surface area contributed by atoms with E-state index in [2.05, 4.69) is 0 Å². The maximum Gasteiger partial charge on any atom is 0.190 e. The van der Waals surface area contributed by atoms with E-state index in [1.54, 1.807) is 0 Å². The lowest BCUT2D eigenvalue weighted by molar-refractivity contribution is -0.216. The zero-order valence-electron chi connectivity index (χ0n) is 8.17. The number of ether oxygens (including phenoxy) is 4. The summed E-state index contributed by atoms with van der Waals surface area (Å²) in [7, 11) is 0. The van der Waals surface area contributed by atoms with Crippen molar-refractivity contribution in [3.63, 3.8) is 0 Å². The van der Waals surface area contributed by atoms with Crippen molar-refractivity contribution in [2.45, 2.75) is 50.3 Å². The largest absolute Gasteiger partial charge is 0.387 e. The molecule has 1 N–H and O–H groups in total. The van der Waals surface area contributed by atoms with Gasteiger partial charge in [0.15, 0.2) is 12.1 Å². The van der Waals surface area contributed by atoms with Gasteiger partial charge in [-0.25, -0.2) is 0 Å². The van der Waals surface area contributed by atoms with Gasteiger partial charge in [-0.2, -0.15) is 0 Å². The van der Waals surface area contributed by atoms with Crippen LogP contribution in [0.1, 0.15) is 13.8 Å². The van der Waals surface area contributed by atoms with Gasteiger partial charge >= 0.3 is 0 Å². The van der Waals surface area contributed by atoms with Crippen molar-refractivity contribution in [1.82, 2.24) is 0 Å². The van der Waals surface area contributed by atoms with Crippen molar-refractivity contribution in [1.29, 1.82) is 0 Å². The first-order chi connectivity index (χ1) is 6.57. The fourth-order valence-electron chi connectivity index (χ4n) is 2.07. The van der Waals surface area contributed by atoms with Gasteiger partial charge in [-0.1, -0.05) is 0 Å². The lowest BCUT2D eigenvalue weighted by atomic mass is 10.1. The minimum atomic E-state index is -0.661. The van der Waals surface area contributed by atoms with E-state index in [1.165, 1.54) is 0 Å². The molecule has 0 aromatic heterocycles. The van der Waals surface area contributed by atoms with Crippen molar-refractivity contribution >= 4 is 0 Å². The second-order valence-corrected chi connectivity index (χ2v) is 4.43. The SMILES string of the molecule is CC1(C)O[C@@H]2OC([C@@H]3CO3)C(O)[C@@H]2O1. The Bertz CT molecular complexity index is 248. The summed E-state index contributed by atoms with van der Waals surface area (Å²) in [5, 5.41) is 9.89. The molecule has 3 fully saturated rings. The Morgan fingerprint density at radius 3 is 2.50 bits per heavy atom. The fraction of sp³-hybridized carbons (Fsp3) is 1.00. The highest BCUT2D eigenvalue weighted by molar-refractivity contribution is 4.98. The summed E-state index contributed by atoms with van der Waals surface area (Å²) in [5.41, 5.74) is 0. The quantitative estimate of drug-likeness (QED) is 0.587. The predicted molar refractivity (Wildman–Crippen MR) is 44.4 cm³/mol. The zero-order chi connectivity index (χ0) is 9.92. The van der Waals surface area contributed by atoms with Crippen LogP contribution in [-0.4, -0.2) is 48.2 Å². The molecule has 3 saturated heterocycles. The molecule has 3 heterocycles. The van der Waals surface area contributed by atoms with Crippen LogP contribution in [-0.2, 0) is 18.9 Å². The van der Waals surface area contributed by atoms with Gasteiger partial charge in [0.05, 0.1) is 6.61 Å². The standard InChI is InChI=1S/C9H14O5/c1-9(2)13-7-5(10)6(4-3-11-4)12-8(7)14-9/h4-8,10H,3H2,1-2H3/t4-,5?,6?,7-,8-/m0/s1. The summed E-state index contributed by atoms with van der Waals surface area (Å²) in [4.78, 5) is 0. The number of rotatable bonds is 1. The summed E-state index contributed by atoms with van der Waals surface area (Å²) >= 11 is 0. The number of hydrogen-bond acceptors (Lipinski definition) is 5. The smallest absolute Gasteiger partial charge is 0.190 e. The molecule has 5 atom stereocenters. The number of aliphatic hydroxyl groups is 1. The average molecular weight is 202 g/mol. The van der Waals surface area contributed by atoms with Crippen LogP contribution in [0.25, 0.3) is 0 Å². The van der Waals surface area contributed by atoms with E-state index in [4.69, 9.17) is 18.9 Å². The van der Waals surface area contributed by atoms with E-state index >= 15 is 0 Å². The third-order valence-corrected chi connectivity index (χ3v) is 2.78. The van der Waals surface area contributed by atoms with Gasteiger partial charge in [-0.15, -0.1) is 0 Å². The van der Waals surface area contributed by atoms with Crippen molar-refractivity contribution in [2.75, 3.05) is 6.61 Å². The van der Waals surface area contributed by atoms with Gasteiger partial charge in [0, 0.05) is 0 Å². The Morgan fingerprint density at radius 1 is 1.21 bits per heavy atom. The molecule has 0 spiro atoms. The summed E-state index contributed by atoms with van der Waals surface area (Å²) in [5.74, 6) is -0.661. The van der Waals surface area contributed by atoms with Crippen molar-refractivity contribution < 1.29 is 24.1 Å². The van der Waals surface area contributed by atoms with Crippen molar-refractivity contribution in [2.24, 2.45) is 0 Å². The van der Waals surface area contributed by atoms with E-state index in [-0.39, 0.29) is 18.3 Å². The van der Waals surface area contributed by atoms with Gasteiger partial charge in [-0.05, 0) is 13.8 Å². The van der Waals surface area contributed by atoms with E-state index in [1.807, 2.05) is 13.8 Å². The van der Waals surface area contributed by atoms with Crippen LogP contribution >= 0.6 is 0 Å². The maximum absolute atomic E-state index is 9.89. The Balaban J connectivity index is 1.74. The molecule has 3 rings (SSSR count). The highest BCUT2D eigenvalue weighted by Gasteiger charge is 2.58. The number of hydrogen-bond donors (Lipinski definition) is 1. The molecule has 0 aromatic rings. The van der Waals surface area contributed by atoms with E-state index < -0.39 is 18.2 Å². The molecular weight excluding hydrogens is 188 g/mol. The molecule has 0 amide bonds. The minimum Gasteiger partial charge on any atom is -0.387 e. The van der Waals surface area contributed by atoms with E-state index in [0.717, 1.165) is 0 Å². The molecule has 5 heteroatoms. The summed E-state index contributed by atoms with van der Waals surface area (Å²) in [6.07, 6.45) is -1.74. The van der Waals surface area contributed by atoms with Gasteiger partial charge in [-0.3, -0.25) is 0 Å². The van der Waals surface area contributed by atoms with Crippen LogP contribution in [0.15, 0.2) is 0 Å². The molecule has 5 nitrogen and oxygen atoms in total. The molecule has 3 aliphatic heterocycles. The second-order valence-electron chi connectivity index (χ2n) is 4.43. The van der Waals surface area contributed by atoms with Crippen LogP contribution in [0.2, 0.25) is 0 Å². The van der Waals surface area contributed by atoms with Crippen LogP contribution in [0.3, 0.4) is 0 Å². The Hall–Kier alpha value is -0.200. The molecule has 80 valence electrons. The Kier molecular flexibility index (Phi) is 1.73. The summed E-state index contributed by atoms with van der Waals surface area (Å²) in [6.45, 7) is 4.28. The molecule has 0 aromatic carbocycles. The fourth-order valence-corrected chi connectivity index (χ4v) is 2.07. The third kappa shape index (κ3) is 1.28. The average Bonchev–Trinajstić information content (AvgIpc) is 2.81. The van der Waals surface area contributed by atoms with Crippen LogP contribution in [0.4, 0.5) is 0 Å². The molecule has 0 radical (unpaired) electrons. The van der Waals surface area contributed by atoms with Gasteiger partial charge < -0.3 is 24.1 Å². The van der Waals surface area contributed by atoms with Crippen molar-refractivity contribution in [3.8, 4) is 0 Å². The summed E-state index contributed by atoms with van der Waals surface area (Å²) in [6, 6.07) is 0. The molecule has 14 heavy (non-hydrogen) atoms. The highest BCUT2D eigenvalue weighted by atomic mass is 16.8. The van der Waals surface area contributed by atoms with E-state index in [0.29, 0.717) is 6.61 Å². The third-order valence-electron chi connectivity index (χ3n) is 2.78. The first kappa shape index (κ1) is 9.06. The second kappa shape index (κ2) is 2.68. The van der Waals surface area contributed by atoms with Gasteiger partial charge in [0.1, 0.15) is 24.4 Å². The van der Waals surface area contributed by atoms with Crippen molar-refractivity contribution in [3.05, 3.63) is 0 Å². The Labute approximate surface area is 81.9 Å². The normalized spacial score (nSPS) is 54.6. The van der Waals surface area contributed by atoms with Crippen LogP contribution < -0.4 is 0 Å². The summed E-state index contributed by atoms with van der Waals surface area (Å²) < 4.78 is 21.7. The first-order valence-electron chi connectivity index (χ1n) is 4.88. The van der Waals surface area contributed by atoms with Gasteiger partial charge in [0.2, 0.25) is 0 Å². The molecule has 0 aliphatic carbocycles. The van der Waals surface area contributed by atoms with Crippen LogP contribution in [0.5, 0.6) is 0 Å².